The molecule has 0 saturated carbocycles. The molecule has 2 N–H and O–H groups in total. The van der Waals surface area contributed by atoms with Gasteiger partial charge in [-0.05, 0) is 30.4 Å². The molecule has 1 aliphatic heterocycles. The summed E-state index contributed by atoms with van der Waals surface area (Å²) in [6.45, 7) is 5.99. The highest BCUT2D eigenvalue weighted by atomic mass is 16.5. The van der Waals surface area contributed by atoms with Crippen LogP contribution >= 0.6 is 0 Å². The zero-order chi connectivity index (χ0) is 23.4. The van der Waals surface area contributed by atoms with E-state index in [1.165, 1.54) is 7.11 Å². The largest absolute Gasteiger partial charge is 0.464 e. The zero-order valence-electron chi connectivity index (χ0n) is 19.3. The summed E-state index contributed by atoms with van der Waals surface area (Å²) < 4.78 is 12.5. The number of anilines is 2. The van der Waals surface area contributed by atoms with E-state index in [0.717, 1.165) is 24.2 Å². The normalized spacial score (nSPS) is 15.7. The number of ether oxygens (including phenoxy) is 2. The van der Waals surface area contributed by atoms with Crippen LogP contribution in [-0.4, -0.2) is 47.8 Å². The van der Waals surface area contributed by atoms with Gasteiger partial charge in [0.2, 0.25) is 0 Å². The fourth-order valence-electron chi connectivity index (χ4n) is 3.99. The highest BCUT2D eigenvalue weighted by Gasteiger charge is 2.30. The molecule has 1 fully saturated rings. The van der Waals surface area contributed by atoms with Gasteiger partial charge in [-0.2, -0.15) is 0 Å². The van der Waals surface area contributed by atoms with Crippen molar-refractivity contribution in [2.24, 2.45) is 5.92 Å². The maximum atomic E-state index is 13.0. The number of nitrogens with zero attached hydrogens (tertiary/aromatic N) is 2. The van der Waals surface area contributed by atoms with E-state index in [-0.39, 0.29) is 11.6 Å². The monoisotopic (exact) mass is 450 g/mol. The van der Waals surface area contributed by atoms with E-state index >= 15 is 0 Å². The van der Waals surface area contributed by atoms with Crippen LogP contribution in [0.1, 0.15) is 42.7 Å². The molecule has 4 rings (SSSR count). The SMILES string of the molecule is COC(=O)c1c(NC(=O)C2CCCO2)c2cc(NCC(C)C)cnc2n1Cc1ccccc1. The number of pyridine rings is 1. The van der Waals surface area contributed by atoms with Crippen molar-refractivity contribution in [1.29, 1.82) is 0 Å². The molecule has 1 amide bonds. The van der Waals surface area contributed by atoms with Crippen LogP contribution in [0.2, 0.25) is 0 Å². The third-order valence-corrected chi connectivity index (χ3v) is 5.65. The van der Waals surface area contributed by atoms with Crippen molar-refractivity contribution in [3.05, 3.63) is 53.9 Å². The molecule has 8 nitrogen and oxygen atoms in total. The number of benzene rings is 1. The molecule has 1 aliphatic rings. The molecule has 1 atom stereocenters. The van der Waals surface area contributed by atoms with Crippen molar-refractivity contribution in [3.8, 4) is 0 Å². The summed E-state index contributed by atoms with van der Waals surface area (Å²) in [4.78, 5) is 30.6. The lowest BCUT2D eigenvalue weighted by molar-refractivity contribution is -0.124. The van der Waals surface area contributed by atoms with Gasteiger partial charge in [0.15, 0.2) is 5.69 Å². The summed E-state index contributed by atoms with van der Waals surface area (Å²) in [6.07, 6.45) is 2.71. The topological polar surface area (TPSA) is 94.5 Å². The summed E-state index contributed by atoms with van der Waals surface area (Å²) in [5, 5.41) is 7.00. The number of methoxy groups -OCH3 is 1. The summed E-state index contributed by atoms with van der Waals surface area (Å²) in [5.74, 6) is -0.354. The van der Waals surface area contributed by atoms with Crippen molar-refractivity contribution in [2.45, 2.75) is 39.3 Å². The second-order valence-corrected chi connectivity index (χ2v) is 8.65. The highest BCUT2D eigenvalue weighted by Crippen LogP contribution is 2.34. The Morgan fingerprint density at radius 2 is 2.06 bits per heavy atom. The smallest absolute Gasteiger partial charge is 0.356 e. The number of fused-ring (bicyclic) bond motifs is 1. The molecule has 8 heteroatoms. The Bertz CT molecular complexity index is 1130. The van der Waals surface area contributed by atoms with Gasteiger partial charge < -0.3 is 24.7 Å². The van der Waals surface area contributed by atoms with Gasteiger partial charge in [-0.15, -0.1) is 0 Å². The Morgan fingerprint density at radius 1 is 1.27 bits per heavy atom. The maximum Gasteiger partial charge on any atom is 0.356 e. The maximum absolute atomic E-state index is 13.0. The minimum Gasteiger partial charge on any atom is -0.464 e. The first-order valence-electron chi connectivity index (χ1n) is 11.3. The van der Waals surface area contributed by atoms with Crippen molar-refractivity contribution in [1.82, 2.24) is 9.55 Å². The minimum absolute atomic E-state index is 0.260. The number of aromatic nitrogens is 2. The molecule has 0 spiro atoms. The minimum atomic E-state index is -0.539. The van der Waals surface area contributed by atoms with Crippen molar-refractivity contribution >= 4 is 34.3 Å². The van der Waals surface area contributed by atoms with Gasteiger partial charge in [-0.1, -0.05) is 44.2 Å². The lowest BCUT2D eigenvalue weighted by Crippen LogP contribution is -2.28. The molecule has 174 valence electrons. The number of nitrogens with one attached hydrogen (secondary N) is 2. The van der Waals surface area contributed by atoms with Crippen LogP contribution in [-0.2, 0) is 20.8 Å². The molecular weight excluding hydrogens is 420 g/mol. The Balaban J connectivity index is 1.84. The third-order valence-electron chi connectivity index (χ3n) is 5.65. The zero-order valence-corrected chi connectivity index (χ0v) is 19.3. The third kappa shape index (κ3) is 5.01. The van der Waals surface area contributed by atoms with Crippen LogP contribution in [0, 0.1) is 5.92 Å². The van der Waals surface area contributed by atoms with Crippen LogP contribution in [0.3, 0.4) is 0 Å². The van der Waals surface area contributed by atoms with E-state index < -0.39 is 12.1 Å². The Morgan fingerprint density at radius 3 is 2.73 bits per heavy atom. The van der Waals surface area contributed by atoms with E-state index in [4.69, 9.17) is 9.47 Å². The number of carbonyl (C=O) groups excluding carboxylic acids is 2. The lowest BCUT2D eigenvalue weighted by atomic mass is 10.2. The second-order valence-electron chi connectivity index (χ2n) is 8.65. The number of hydrogen-bond donors (Lipinski definition) is 2. The van der Waals surface area contributed by atoms with Crippen molar-refractivity contribution in [2.75, 3.05) is 30.9 Å². The van der Waals surface area contributed by atoms with Gasteiger partial charge in [0.25, 0.3) is 5.91 Å². The number of rotatable bonds is 8. The predicted octanol–water partition coefficient (Wildman–Crippen LogP) is 4.06. The van der Waals surface area contributed by atoms with Gasteiger partial charge in [0.1, 0.15) is 11.8 Å². The predicted molar refractivity (Wildman–Crippen MR) is 128 cm³/mol. The van der Waals surface area contributed by atoms with Crippen LogP contribution in [0.4, 0.5) is 11.4 Å². The highest BCUT2D eigenvalue weighted by molar-refractivity contribution is 6.12. The van der Waals surface area contributed by atoms with Crippen molar-refractivity contribution < 1.29 is 19.1 Å². The Hall–Kier alpha value is -3.39. The standard InChI is InChI=1S/C25H30N4O4/c1-16(2)13-26-18-12-19-21(28-24(30)20-10-7-11-33-20)22(25(31)32-3)29(23(19)27-14-18)15-17-8-5-4-6-9-17/h4-6,8-9,12,14,16,20,26H,7,10-11,13,15H2,1-3H3,(H,28,30). The number of carbonyl (C=O) groups is 2. The quantitative estimate of drug-likeness (QED) is 0.503. The van der Waals surface area contributed by atoms with Gasteiger partial charge in [-0.3, -0.25) is 4.79 Å². The Labute approximate surface area is 193 Å². The van der Waals surface area contributed by atoms with E-state index in [0.29, 0.717) is 42.2 Å². The first-order chi connectivity index (χ1) is 16.0. The number of hydrogen-bond acceptors (Lipinski definition) is 6. The summed E-state index contributed by atoms with van der Waals surface area (Å²) in [5.41, 5.74) is 3.07. The lowest BCUT2D eigenvalue weighted by Gasteiger charge is -2.13. The van der Waals surface area contributed by atoms with E-state index in [1.807, 2.05) is 36.4 Å². The van der Waals surface area contributed by atoms with Crippen LogP contribution in [0.15, 0.2) is 42.6 Å². The van der Waals surface area contributed by atoms with E-state index in [1.54, 1.807) is 10.8 Å². The molecule has 3 aromatic rings. The average molecular weight is 451 g/mol. The van der Waals surface area contributed by atoms with Gasteiger partial charge in [-0.25, -0.2) is 9.78 Å². The second kappa shape index (κ2) is 10.0. The summed E-state index contributed by atoms with van der Waals surface area (Å²) in [7, 11) is 1.33. The fraction of sp³-hybridized carbons (Fsp3) is 0.400. The average Bonchev–Trinajstić information content (AvgIpc) is 3.45. The molecule has 1 unspecified atom stereocenters. The van der Waals surface area contributed by atoms with Crippen LogP contribution in [0.5, 0.6) is 0 Å². The summed E-state index contributed by atoms with van der Waals surface area (Å²) in [6, 6.07) is 11.7. The number of amides is 1. The molecule has 1 aromatic carbocycles. The molecule has 33 heavy (non-hydrogen) atoms. The first kappa shape index (κ1) is 22.8. The number of esters is 1. The molecule has 1 saturated heterocycles. The molecular formula is C25H30N4O4. The molecule has 3 heterocycles. The Kier molecular flexibility index (Phi) is 6.93. The molecule has 0 bridgehead atoms. The summed E-state index contributed by atoms with van der Waals surface area (Å²) >= 11 is 0. The van der Waals surface area contributed by atoms with Gasteiger partial charge in [0.05, 0.1) is 24.7 Å². The van der Waals surface area contributed by atoms with Gasteiger partial charge in [0, 0.05) is 25.1 Å². The first-order valence-corrected chi connectivity index (χ1v) is 11.3. The molecule has 0 aliphatic carbocycles. The van der Waals surface area contributed by atoms with Crippen LogP contribution in [0.25, 0.3) is 11.0 Å². The fourth-order valence-corrected chi connectivity index (χ4v) is 3.99. The van der Waals surface area contributed by atoms with Gasteiger partial charge >= 0.3 is 5.97 Å². The molecule has 2 aromatic heterocycles. The van der Waals surface area contributed by atoms with E-state index in [2.05, 4.69) is 29.5 Å². The van der Waals surface area contributed by atoms with Crippen molar-refractivity contribution in [3.63, 3.8) is 0 Å². The van der Waals surface area contributed by atoms with Crippen LogP contribution < -0.4 is 10.6 Å². The van der Waals surface area contributed by atoms with E-state index in [9.17, 15) is 9.59 Å². The molecule has 0 radical (unpaired) electrons.